The Bertz CT molecular complexity index is 1110. The van der Waals surface area contributed by atoms with Crippen molar-refractivity contribution in [2.24, 2.45) is 45.3 Å². The molecule has 9 atom stereocenters. The number of hydrogen-bond donors (Lipinski definition) is 1. The third-order valence-corrected chi connectivity index (χ3v) is 11.8. The van der Waals surface area contributed by atoms with Crippen LogP contribution in [0, 0.1) is 45.3 Å². The molecule has 0 aromatic rings. The average Bonchev–Trinajstić information content (AvgIpc) is 2.80. The highest BCUT2D eigenvalue weighted by Crippen LogP contribution is 2.72. The molecule has 2 saturated carbocycles. The highest BCUT2D eigenvalue weighted by molar-refractivity contribution is 6.45. The van der Waals surface area contributed by atoms with Crippen LogP contribution in [0.25, 0.3) is 0 Å². The summed E-state index contributed by atoms with van der Waals surface area (Å²) >= 11 is 0. The fourth-order valence-electron chi connectivity index (χ4n) is 9.04. The van der Waals surface area contributed by atoms with E-state index in [1.54, 1.807) is 0 Å². The molecule has 5 rings (SSSR count). The number of ether oxygens (including phenoxy) is 1. The zero-order valence-electron chi connectivity index (χ0n) is 22.2. The van der Waals surface area contributed by atoms with Gasteiger partial charge in [-0.2, -0.15) is 0 Å². The Balaban J connectivity index is 1.62. The minimum atomic E-state index is -1.72. The van der Waals surface area contributed by atoms with E-state index in [4.69, 9.17) is 4.74 Å². The van der Waals surface area contributed by atoms with Gasteiger partial charge in [-0.3, -0.25) is 14.4 Å². The SMILES string of the molecule is COC(=O)C1(C)CCC2(C)CCC3(C)C(CC=C4C5=CC(=O)C(=O)C(C)(O)C5C=CC43C)C2C1C. The minimum absolute atomic E-state index is 0.0808. The van der Waals surface area contributed by atoms with Gasteiger partial charge in [-0.15, -0.1) is 0 Å². The van der Waals surface area contributed by atoms with E-state index in [0.717, 1.165) is 43.3 Å². The van der Waals surface area contributed by atoms with Gasteiger partial charge >= 0.3 is 5.97 Å². The van der Waals surface area contributed by atoms with Crippen LogP contribution in [0.2, 0.25) is 0 Å². The zero-order valence-corrected chi connectivity index (χ0v) is 22.2. The number of allylic oxidation sites excluding steroid dienone is 4. The number of esters is 1. The van der Waals surface area contributed by atoms with Crippen LogP contribution < -0.4 is 0 Å². The van der Waals surface area contributed by atoms with E-state index in [0.29, 0.717) is 11.8 Å². The highest BCUT2D eigenvalue weighted by Gasteiger charge is 2.66. The van der Waals surface area contributed by atoms with Gasteiger partial charge in [0, 0.05) is 11.3 Å². The summed E-state index contributed by atoms with van der Waals surface area (Å²) in [5.74, 6) is -1.02. The molecule has 5 aliphatic carbocycles. The van der Waals surface area contributed by atoms with Crippen molar-refractivity contribution in [1.82, 2.24) is 0 Å². The zero-order chi connectivity index (χ0) is 25.8. The van der Waals surface area contributed by atoms with E-state index in [1.807, 2.05) is 6.08 Å². The van der Waals surface area contributed by atoms with E-state index < -0.39 is 28.5 Å². The second kappa shape index (κ2) is 7.27. The third kappa shape index (κ3) is 2.88. The molecule has 9 unspecified atom stereocenters. The van der Waals surface area contributed by atoms with Gasteiger partial charge in [0.25, 0.3) is 0 Å². The topological polar surface area (TPSA) is 80.7 Å². The van der Waals surface area contributed by atoms with Crippen molar-refractivity contribution in [3.8, 4) is 0 Å². The summed E-state index contributed by atoms with van der Waals surface area (Å²) in [5.41, 5.74) is -0.551. The lowest BCUT2D eigenvalue weighted by molar-refractivity contribution is -0.183. The number of ketones is 2. The highest BCUT2D eigenvalue weighted by atomic mass is 16.5. The third-order valence-electron chi connectivity index (χ3n) is 11.8. The number of carbonyl (C=O) groups excluding carboxylic acids is 3. The number of rotatable bonds is 1. The Labute approximate surface area is 209 Å². The number of methoxy groups -OCH3 is 1. The molecule has 0 amide bonds. The van der Waals surface area contributed by atoms with Crippen LogP contribution in [0.4, 0.5) is 0 Å². The van der Waals surface area contributed by atoms with Crippen LogP contribution in [0.1, 0.15) is 73.6 Å². The molecule has 5 heteroatoms. The summed E-state index contributed by atoms with van der Waals surface area (Å²) in [7, 11) is 1.50. The fraction of sp³-hybridized carbons (Fsp3) is 0.700. The Morgan fingerprint density at radius 3 is 2.37 bits per heavy atom. The summed E-state index contributed by atoms with van der Waals surface area (Å²) in [6.45, 7) is 12.9. The quantitative estimate of drug-likeness (QED) is 0.325. The number of hydrogen-bond acceptors (Lipinski definition) is 5. The van der Waals surface area contributed by atoms with E-state index in [9.17, 15) is 19.5 Å². The van der Waals surface area contributed by atoms with Gasteiger partial charge in [-0.1, -0.05) is 45.9 Å². The van der Waals surface area contributed by atoms with Crippen molar-refractivity contribution in [2.45, 2.75) is 79.2 Å². The maximum Gasteiger partial charge on any atom is 0.311 e. The first-order valence-corrected chi connectivity index (χ1v) is 13.2. The maximum absolute atomic E-state index is 12.9. The summed E-state index contributed by atoms with van der Waals surface area (Å²) in [6.07, 6.45) is 12.8. The molecule has 0 saturated heterocycles. The molecule has 0 aromatic carbocycles. The molecule has 0 radical (unpaired) electrons. The van der Waals surface area contributed by atoms with Crippen LogP contribution in [-0.2, 0) is 19.1 Å². The van der Waals surface area contributed by atoms with Crippen LogP contribution in [-0.4, -0.2) is 35.4 Å². The van der Waals surface area contributed by atoms with Crippen molar-refractivity contribution in [3.63, 3.8) is 0 Å². The molecule has 0 aliphatic heterocycles. The predicted molar refractivity (Wildman–Crippen MR) is 133 cm³/mol. The molecule has 35 heavy (non-hydrogen) atoms. The van der Waals surface area contributed by atoms with Gasteiger partial charge in [0.05, 0.1) is 12.5 Å². The maximum atomic E-state index is 12.9. The van der Waals surface area contributed by atoms with Gasteiger partial charge in [0.2, 0.25) is 11.6 Å². The normalized spacial score (nSPS) is 50.7. The van der Waals surface area contributed by atoms with Crippen LogP contribution in [0.5, 0.6) is 0 Å². The Kier molecular flexibility index (Phi) is 5.13. The predicted octanol–water partition coefficient (Wildman–Crippen LogP) is 4.99. The lowest BCUT2D eigenvalue weighted by Crippen LogP contribution is -2.62. The van der Waals surface area contributed by atoms with Crippen LogP contribution >= 0.6 is 0 Å². The second-order valence-corrected chi connectivity index (χ2v) is 13.2. The summed E-state index contributed by atoms with van der Waals surface area (Å²) < 4.78 is 5.29. The van der Waals surface area contributed by atoms with E-state index >= 15 is 0 Å². The monoisotopic (exact) mass is 480 g/mol. The number of Topliss-reactive ketones (excluding diaryl/α,β-unsaturated/α-hetero) is 1. The van der Waals surface area contributed by atoms with Gasteiger partial charge in [0.1, 0.15) is 5.60 Å². The average molecular weight is 481 g/mol. The molecule has 0 heterocycles. The number of aliphatic hydroxyl groups is 1. The summed E-state index contributed by atoms with van der Waals surface area (Å²) in [5, 5.41) is 11.0. The van der Waals surface area contributed by atoms with Crippen LogP contribution in [0.15, 0.2) is 35.5 Å². The fourth-order valence-corrected chi connectivity index (χ4v) is 9.04. The molecule has 0 aromatic heterocycles. The van der Waals surface area contributed by atoms with Crippen LogP contribution in [0.3, 0.4) is 0 Å². The van der Waals surface area contributed by atoms with Crippen molar-refractivity contribution in [3.05, 3.63) is 35.5 Å². The van der Waals surface area contributed by atoms with Crippen molar-refractivity contribution in [2.75, 3.05) is 7.11 Å². The molecule has 190 valence electrons. The second-order valence-electron chi connectivity index (χ2n) is 13.2. The molecular formula is C30H40O5. The first kappa shape index (κ1) is 24.7. The molecule has 1 N–H and O–H groups in total. The van der Waals surface area contributed by atoms with Gasteiger partial charge in [0.15, 0.2) is 0 Å². The number of carbonyl (C=O) groups is 3. The lowest BCUT2D eigenvalue weighted by Gasteiger charge is -2.67. The van der Waals surface area contributed by atoms with Crippen molar-refractivity contribution in [1.29, 1.82) is 0 Å². The van der Waals surface area contributed by atoms with Gasteiger partial charge in [-0.25, -0.2) is 0 Å². The first-order chi connectivity index (χ1) is 16.2. The van der Waals surface area contributed by atoms with Gasteiger partial charge < -0.3 is 9.84 Å². The van der Waals surface area contributed by atoms with Crippen molar-refractivity contribution < 1.29 is 24.2 Å². The number of fused-ring (bicyclic) bond motifs is 7. The molecular weight excluding hydrogens is 440 g/mol. The molecule has 0 bridgehead atoms. The molecule has 5 aliphatic rings. The summed E-state index contributed by atoms with van der Waals surface area (Å²) in [4.78, 5) is 38.0. The standard InChI is InChI=1S/C30H40O5/c1-17-23-21-9-8-19-18-16-22(31)24(32)30(6,34)20(18)10-11-28(19,4)29(21,5)15-13-26(23,2)12-14-27(17,3)25(33)35-7/h8,10-11,16-17,20-21,23,34H,9,12-15H2,1-7H3. The summed E-state index contributed by atoms with van der Waals surface area (Å²) in [6, 6.07) is 0. The van der Waals surface area contributed by atoms with E-state index in [1.165, 1.54) is 20.1 Å². The Morgan fingerprint density at radius 1 is 1.06 bits per heavy atom. The molecule has 2 fully saturated rings. The molecule has 0 spiro atoms. The smallest absolute Gasteiger partial charge is 0.311 e. The van der Waals surface area contributed by atoms with E-state index in [-0.39, 0.29) is 28.1 Å². The largest absolute Gasteiger partial charge is 0.469 e. The first-order valence-electron chi connectivity index (χ1n) is 13.2. The lowest BCUT2D eigenvalue weighted by atomic mass is 9.36. The Morgan fingerprint density at radius 2 is 1.71 bits per heavy atom. The molecule has 5 nitrogen and oxygen atoms in total. The van der Waals surface area contributed by atoms with Crippen molar-refractivity contribution >= 4 is 17.5 Å². The Hall–Kier alpha value is -2.01. The minimum Gasteiger partial charge on any atom is -0.469 e. The van der Waals surface area contributed by atoms with Gasteiger partial charge in [-0.05, 0) is 91.8 Å². The van der Waals surface area contributed by atoms with E-state index in [2.05, 4.69) is 46.8 Å².